The zero-order valence-electron chi connectivity index (χ0n) is 15.5. The molecule has 142 valence electrons. The van der Waals surface area contributed by atoms with Gasteiger partial charge in [0.15, 0.2) is 0 Å². The molecule has 1 saturated heterocycles. The van der Waals surface area contributed by atoms with Crippen LogP contribution in [0.2, 0.25) is 5.02 Å². The van der Waals surface area contributed by atoms with E-state index in [1.165, 1.54) is 6.08 Å². The summed E-state index contributed by atoms with van der Waals surface area (Å²) in [6.07, 6.45) is 3.33. The first-order valence-corrected chi connectivity index (χ1v) is 9.32. The van der Waals surface area contributed by atoms with E-state index < -0.39 is 0 Å². The molecule has 2 amide bonds. The molecule has 27 heavy (non-hydrogen) atoms. The fraction of sp³-hybridized carbons (Fsp3) is 0.350. The summed E-state index contributed by atoms with van der Waals surface area (Å²) < 4.78 is 1.77. The first-order valence-electron chi connectivity index (χ1n) is 8.94. The number of hydrogen-bond acceptors (Lipinski definition) is 3. The fourth-order valence-corrected chi connectivity index (χ4v) is 3.51. The van der Waals surface area contributed by atoms with Crippen molar-refractivity contribution in [3.05, 3.63) is 53.8 Å². The molecule has 0 bridgehead atoms. The third-order valence-electron chi connectivity index (χ3n) is 4.63. The molecule has 0 saturated carbocycles. The lowest BCUT2D eigenvalue weighted by Crippen LogP contribution is -2.50. The van der Waals surface area contributed by atoms with E-state index in [0.717, 1.165) is 11.4 Å². The van der Waals surface area contributed by atoms with Gasteiger partial charge < -0.3 is 10.2 Å². The van der Waals surface area contributed by atoms with Crippen LogP contribution in [-0.4, -0.2) is 39.6 Å². The van der Waals surface area contributed by atoms with Crippen LogP contribution in [0.4, 0.5) is 5.69 Å². The van der Waals surface area contributed by atoms with Crippen LogP contribution < -0.4 is 5.32 Å². The number of nitrogens with zero attached hydrogens (tertiary/aromatic N) is 3. The Bertz CT molecular complexity index is 869. The molecular formula is C20H23ClN4O2. The number of nitrogens with one attached hydrogen (secondary N) is 1. The second-order valence-corrected chi connectivity index (χ2v) is 7.43. The summed E-state index contributed by atoms with van der Waals surface area (Å²) >= 11 is 6.31. The third kappa shape index (κ3) is 4.06. The minimum absolute atomic E-state index is 0.0775. The van der Waals surface area contributed by atoms with Crippen LogP contribution in [0.25, 0.3) is 5.69 Å². The van der Waals surface area contributed by atoms with E-state index in [-0.39, 0.29) is 23.7 Å². The maximum absolute atomic E-state index is 12.5. The van der Waals surface area contributed by atoms with E-state index in [0.29, 0.717) is 30.2 Å². The Morgan fingerprint density at radius 2 is 2.07 bits per heavy atom. The number of carbonyl (C=O) groups is 2. The van der Waals surface area contributed by atoms with Gasteiger partial charge in [0, 0.05) is 25.4 Å². The Morgan fingerprint density at radius 1 is 1.37 bits per heavy atom. The lowest BCUT2D eigenvalue weighted by Gasteiger charge is -2.38. The summed E-state index contributed by atoms with van der Waals surface area (Å²) in [5.41, 5.74) is 2.36. The van der Waals surface area contributed by atoms with Crippen molar-refractivity contribution < 1.29 is 9.59 Å². The standard InChI is InChI=1S/C20H23ClN4O2/c1-4-19(27)24-11-14(12-24)9-18(26)23-16-10-22-25(20(16)13(2)3)17-8-6-5-7-15(17)21/h4-8,10,13-14H,1,9,11-12H2,2-3H3,(H,23,26). The maximum Gasteiger partial charge on any atom is 0.245 e. The average molecular weight is 387 g/mol. The Balaban J connectivity index is 1.71. The topological polar surface area (TPSA) is 67.2 Å². The van der Waals surface area contributed by atoms with Crippen LogP contribution >= 0.6 is 11.6 Å². The van der Waals surface area contributed by atoms with Crippen LogP contribution in [0.3, 0.4) is 0 Å². The van der Waals surface area contributed by atoms with Gasteiger partial charge in [0.1, 0.15) is 0 Å². The molecular weight excluding hydrogens is 364 g/mol. The van der Waals surface area contributed by atoms with Crippen molar-refractivity contribution in [1.29, 1.82) is 0 Å². The molecule has 0 atom stereocenters. The summed E-state index contributed by atoms with van der Waals surface area (Å²) in [5, 5.41) is 8.00. The molecule has 1 aliphatic heterocycles. The van der Waals surface area contributed by atoms with Crippen molar-refractivity contribution >= 4 is 29.1 Å². The highest BCUT2D eigenvalue weighted by atomic mass is 35.5. The highest BCUT2D eigenvalue weighted by molar-refractivity contribution is 6.32. The quantitative estimate of drug-likeness (QED) is 0.771. The number of benzene rings is 1. The predicted octanol–water partition coefficient (Wildman–Crippen LogP) is 3.62. The number of aromatic nitrogens is 2. The maximum atomic E-state index is 12.5. The summed E-state index contributed by atoms with van der Waals surface area (Å²) in [7, 11) is 0. The van der Waals surface area contributed by atoms with Crippen LogP contribution in [0.15, 0.2) is 43.1 Å². The van der Waals surface area contributed by atoms with E-state index in [1.54, 1.807) is 15.8 Å². The normalized spacial score (nSPS) is 14.1. The van der Waals surface area contributed by atoms with Gasteiger partial charge in [-0.25, -0.2) is 4.68 Å². The Morgan fingerprint density at radius 3 is 2.70 bits per heavy atom. The smallest absolute Gasteiger partial charge is 0.245 e. The minimum atomic E-state index is -0.0882. The molecule has 7 heteroatoms. The molecule has 0 radical (unpaired) electrons. The van der Waals surface area contributed by atoms with E-state index in [1.807, 2.05) is 38.1 Å². The molecule has 2 heterocycles. The highest BCUT2D eigenvalue weighted by Gasteiger charge is 2.31. The van der Waals surface area contributed by atoms with Gasteiger partial charge in [0.05, 0.1) is 28.3 Å². The molecule has 1 N–H and O–H groups in total. The van der Waals surface area contributed by atoms with Gasteiger partial charge in [-0.1, -0.05) is 44.2 Å². The van der Waals surface area contributed by atoms with E-state index in [2.05, 4.69) is 17.0 Å². The molecule has 0 spiro atoms. The monoisotopic (exact) mass is 386 g/mol. The molecule has 1 fully saturated rings. The summed E-state index contributed by atoms with van der Waals surface area (Å²) in [5.74, 6) is 0.152. The fourth-order valence-electron chi connectivity index (χ4n) is 3.30. The van der Waals surface area contributed by atoms with Crippen molar-refractivity contribution in [2.75, 3.05) is 18.4 Å². The summed E-state index contributed by atoms with van der Waals surface area (Å²) in [6.45, 7) is 8.75. The van der Waals surface area contributed by atoms with Gasteiger partial charge in [0.25, 0.3) is 0 Å². The van der Waals surface area contributed by atoms with Crippen molar-refractivity contribution in [2.24, 2.45) is 5.92 Å². The molecule has 1 aromatic heterocycles. The second-order valence-electron chi connectivity index (χ2n) is 7.03. The molecule has 1 aliphatic rings. The van der Waals surface area contributed by atoms with Gasteiger partial charge in [-0.2, -0.15) is 5.10 Å². The van der Waals surface area contributed by atoms with Crippen molar-refractivity contribution in [3.63, 3.8) is 0 Å². The summed E-state index contributed by atoms with van der Waals surface area (Å²) in [6, 6.07) is 7.48. The third-order valence-corrected chi connectivity index (χ3v) is 4.95. The number of carbonyl (C=O) groups excluding carboxylic acids is 2. The molecule has 6 nitrogen and oxygen atoms in total. The average Bonchev–Trinajstić information content (AvgIpc) is 3.01. The Hall–Kier alpha value is -2.60. The zero-order valence-corrected chi connectivity index (χ0v) is 16.2. The lowest BCUT2D eigenvalue weighted by molar-refractivity contribution is -0.134. The van der Waals surface area contributed by atoms with Crippen molar-refractivity contribution in [1.82, 2.24) is 14.7 Å². The predicted molar refractivity (Wildman–Crippen MR) is 106 cm³/mol. The van der Waals surface area contributed by atoms with Crippen LogP contribution in [-0.2, 0) is 9.59 Å². The first kappa shape index (κ1) is 19.2. The number of para-hydroxylation sites is 1. The van der Waals surface area contributed by atoms with Gasteiger partial charge in [-0.05, 0) is 24.1 Å². The Labute approximate surface area is 163 Å². The molecule has 0 unspecified atom stereocenters. The number of anilines is 1. The molecule has 3 rings (SSSR count). The van der Waals surface area contributed by atoms with Crippen LogP contribution in [0.1, 0.15) is 31.9 Å². The molecule has 1 aromatic carbocycles. The van der Waals surface area contributed by atoms with Gasteiger partial charge >= 0.3 is 0 Å². The Kier molecular flexibility index (Phi) is 5.65. The number of amides is 2. The number of likely N-dealkylation sites (tertiary alicyclic amines) is 1. The van der Waals surface area contributed by atoms with Gasteiger partial charge in [0.2, 0.25) is 11.8 Å². The number of halogens is 1. The number of hydrogen-bond donors (Lipinski definition) is 1. The lowest BCUT2D eigenvalue weighted by atomic mass is 9.95. The largest absolute Gasteiger partial charge is 0.338 e. The minimum Gasteiger partial charge on any atom is -0.338 e. The van der Waals surface area contributed by atoms with Gasteiger partial charge in [-0.15, -0.1) is 0 Å². The van der Waals surface area contributed by atoms with E-state index in [4.69, 9.17) is 11.6 Å². The highest BCUT2D eigenvalue weighted by Crippen LogP contribution is 2.30. The van der Waals surface area contributed by atoms with Gasteiger partial charge in [-0.3, -0.25) is 9.59 Å². The summed E-state index contributed by atoms with van der Waals surface area (Å²) in [4.78, 5) is 25.6. The van der Waals surface area contributed by atoms with E-state index >= 15 is 0 Å². The van der Waals surface area contributed by atoms with Crippen LogP contribution in [0.5, 0.6) is 0 Å². The van der Waals surface area contributed by atoms with E-state index in [9.17, 15) is 9.59 Å². The number of rotatable bonds is 6. The van der Waals surface area contributed by atoms with Crippen LogP contribution in [0, 0.1) is 5.92 Å². The SMILES string of the molecule is C=CC(=O)N1CC(CC(=O)Nc2cnn(-c3ccccc3Cl)c2C(C)C)C1. The second kappa shape index (κ2) is 7.96. The van der Waals surface area contributed by atoms with Crippen molar-refractivity contribution in [2.45, 2.75) is 26.2 Å². The first-order chi connectivity index (χ1) is 12.9. The zero-order chi connectivity index (χ0) is 19.6. The van der Waals surface area contributed by atoms with Crippen molar-refractivity contribution in [3.8, 4) is 5.69 Å². The molecule has 0 aliphatic carbocycles. The molecule has 2 aromatic rings.